The number of hydrogen-bond donors (Lipinski definition) is 4. The lowest BCUT2D eigenvalue weighted by Gasteiger charge is -2.35. The van der Waals surface area contributed by atoms with Crippen molar-refractivity contribution >= 4 is 68.4 Å². The molecule has 0 aliphatic carbocycles. The molecular formula is C52H82N2O10S4. The average Bonchev–Trinajstić information content (AvgIpc) is 3.87. The number of aliphatic hydroxyl groups is 4. The van der Waals surface area contributed by atoms with E-state index in [0.29, 0.717) is 19.3 Å². The summed E-state index contributed by atoms with van der Waals surface area (Å²) in [6, 6.07) is 0. The highest BCUT2D eigenvalue weighted by Crippen LogP contribution is 2.38. The van der Waals surface area contributed by atoms with Crippen LogP contribution in [-0.2, 0) is 28.9 Å². The van der Waals surface area contributed by atoms with Crippen LogP contribution in [0, 0.1) is 25.7 Å². The fourth-order valence-corrected chi connectivity index (χ4v) is 13.2. The number of esters is 2. The second kappa shape index (κ2) is 26.7. The lowest BCUT2D eigenvalue weighted by Crippen LogP contribution is -2.52. The summed E-state index contributed by atoms with van der Waals surface area (Å²) in [6.07, 6.45) is 8.91. The first-order valence-corrected chi connectivity index (χ1v) is 28.3. The van der Waals surface area contributed by atoms with Crippen molar-refractivity contribution in [1.82, 2.24) is 9.97 Å². The highest BCUT2D eigenvalue weighted by molar-refractivity contribution is 8.01. The third kappa shape index (κ3) is 17.9. The molecule has 0 unspecified atom stereocenters. The molecule has 4 rings (SSSR count). The number of carbonyl (C=O) groups excluding carboxylic acids is 2. The molecule has 0 spiro atoms. The molecule has 2 aromatic rings. The number of aromatic nitrogens is 2. The molecule has 0 amide bonds. The molecule has 2 aliphatic rings. The van der Waals surface area contributed by atoms with Gasteiger partial charge in [0.1, 0.15) is 12.2 Å². The predicted molar refractivity (Wildman–Crippen MR) is 280 cm³/mol. The number of allylic oxidation sites excluding steroid dienone is 2. The molecule has 2 aromatic heterocycles. The number of sulfone groups is 1. The molecule has 2 aliphatic heterocycles. The molecule has 12 nitrogen and oxygen atoms in total. The van der Waals surface area contributed by atoms with Crippen molar-refractivity contribution in [3.8, 4) is 0 Å². The van der Waals surface area contributed by atoms with Gasteiger partial charge >= 0.3 is 11.9 Å². The van der Waals surface area contributed by atoms with Gasteiger partial charge in [0.05, 0.1) is 68.7 Å². The van der Waals surface area contributed by atoms with E-state index >= 15 is 0 Å². The molecule has 0 fully saturated rings. The van der Waals surface area contributed by atoms with Crippen molar-refractivity contribution in [3.63, 3.8) is 0 Å². The zero-order valence-electron chi connectivity index (χ0n) is 43.1. The zero-order valence-corrected chi connectivity index (χ0v) is 46.3. The van der Waals surface area contributed by atoms with E-state index in [2.05, 4.69) is 36.0 Å². The maximum atomic E-state index is 13.4. The van der Waals surface area contributed by atoms with Gasteiger partial charge in [-0.1, -0.05) is 44.1 Å². The number of rotatable bonds is 4. The molecular weight excluding hydrogens is 941 g/mol. The van der Waals surface area contributed by atoms with Gasteiger partial charge in [-0.25, -0.2) is 18.4 Å². The molecule has 0 radical (unpaired) electrons. The molecule has 4 N–H and O–H groups in total. The van der Waals surface area contributed by atoms with Crippen LogP contribution in [0.1, 0.15) is 169 Å². The largest absolute Gasteiger partial charge is 0.457 e. The fraction of sp³-hybridized carbons (Fsp3) is 0.692. The standard InChI is InChI=1S/C26H41NO6S2.C26H41NO4S2/c1-16-9-8-10-17(2)25(30)19(4)35(31,32)26(6,7)23(28)14-24(29)33-22(12-11-16)18(3)13-21-15-34-20(5)27-21;1-16-9-8-10-17(2)25(30)19(4)33-26(6,7)23(28)14-24(29)31-22(12-11-16)18(3)13-21-15-32-20(5)27-21/h11,13,15,17,19,22-23,25,28,30H,8-10,12,14H2,1-7H3;11,13,15,17,19,22-23,25,28,30H,8-10,12,14H2,1-7H3/b2*16-11-,18-13+/t2*17-,19+,22-,23+,25-/m00/s1. The molecule has 0 aromatic carbocycles. The van der Waals surface area contributed by atoms with Crippen LogP contribution in [0.3, 0.4) is 0 Å². The average molecular weight is 1020 g/mol. The Morgan fingerprint density at radius 2 is 1.10 bits per heavy atom. The summed E-state index contributed by atoms with van der Waals surface area (Å²) in [4.78, 5) is 34.6. The first-order chi connectivity index (χ1) is 31.5. The van der Waals surface area contributed by atoms with Gasteiger partial charge in [-0.05, 0) is 150 Å². The van der Waals surface area contributed by atoms with Crippen molar-refractivity contribution in [1.29, 1.82) is 0 Å². The number of nitrogens with zero attached hydrogens (tertiary/aromatic N) is 2. The minimum absolute atomic E-state index is 0.0512. The number of cyclic esters (lactones) is 2. The van der Waals surface area contributed by atoms with Crippen molar-refractivity contribution in [2.75, 3.05) is 0 Å². The zero-order chi connectivity index (χ0) is 51.3. The van der Waals surface area contributed by atoms with Crippen LogP contribution in [0.15, 0.2) is 45.2 Å². The Morgan fingerprint density at radius 1 is 0.691 bits per heavy atom. The highest BCUT2D eigenvalue weighted by atomic mass is 32.2. The quantitative estimate of drug-likeness (QED) is 0.167. The smallest absolute Gasteiger partial charge is 0.309 e. The summed E-state index contributed by atoms with van der Waals surface area (Å²) >= 11 is 4.66. The molecule has 10 atom stereocenters. The van der Waals surface area contributed by atoms with E-state index < -0.39 is 79.6 Å². The minimum Gasteiger partial charge on any atom is -0.457 e. The molecule has 16 heteroatoms. The molecule has 0 saturated heterocycles. The monoisotopic (exact) mass is 1020 g/mol. The second-order valence-electron chi connectivity index (χ2n) is 20.3. The number of ether oxygens (including phenoxy) is 2. The number of aliphatic hydroxyl groups excluding tert-OH is 4. The van der Waals surface area contributed by atoms with Gasteiger partial charge in [0.25, 0.3) is 0 Å². The predicted octanol–water partition coefficient (Wildman–Crippen LogP) is 10.6. The van der Waals surface area contributed by atoms with Crippen LogP contribution >= 0.6 is 34.4 Å². The number of aryl methyl sites for hydroxylation is 2. The molecule has 0 bridgehead atoms. The SMILES string of the molecule is C/C1=C/C[C@@H](/C(C)=C/c2csc(C)n2)OC(=O)C[C@@H](O)C(C)(C)S(=O)(=O)[C@H](C)[C@@H](O)[C@@H](C)CCC1.C/C1=C/C[C@@H](/C(C)=C/c2csc(C)n2)OC(=O)C[C@@H](O)C(C)(C)S[C@H](C)[C@@H](O)[C@@H](C)CCC1. The maximum Gasteiger partial charge on any atom is 0.309 e. The van der Waals surface area contributed by atoms with Gasteiger partial charge in [-0.3, -0.25) is 9.59 Å². The van der Waals surface area contributed by atoms with Crippen LogP contribution in [0.4, 0.5) is 0 Å². The first-order valence-electron chi connectivity index (χ1n) is 24.1. The minimum atomic E-state index is -3.98. The summed E-state index contributed by atoms with van der Waals surface area (Å²) in [5, 5.41) is 48.0. The van der Waals surface area contributed by atoms with Crippen LogP contribution in [0.25, 0.3) is 12.2 Å². The Hall–Kier alpha value is -2.70. The summed E-state index contributed by atoms with van der Waals surface area (Å²) in [5.74, 6) is -1.14. The number of thioether (sulfide) groups is 1. The first kappa shape index (κ1) is 59.6. The summed E-state index contributed by atoms with van der Waals surface area (Å²) in [7, 11) is -3.98. The maximum absolute atomic E-state index is 13.4. The summed E-state index contributed by atoms with van der Waals surface area (Å²) in [5.41, 5.74) is 5.82. The van der Waals surface area contributed by atoms with Crippen LogP contribution in [0.2, 0.25) is 0 Å². The van der Waals surface area contributed by atoms with E-state index in [9.17, 15) is 38.4 Å². The van der Waals surface area contributed by atoms with Crippen LogP contribution in [-0.4, -0.2) is 107 Å². The van der Waals surface area contributed by atoms with Gasteiger partial charge in [0.15, 0.2) is 9.84 Å². The van der Waals surface area contributed by atoms with E-state index in [1.165, 1.54) is 49.4 Å². The van der Waals surface area contributed by atoms with Crippen LogP contribution in [0.5, 0.6) is 0 Å². The van der Waals surface area contributed by atoms with Gasteiger partial charge in [-0.15, -0.1) is 34.4 Å². The van der Waals surface area contributed by atoms with Crippen molar-refractivity contribution < 1.29 is 47.9 Å². The lowest BCUT2D eigenvalue weighted by atomic mass is 9.94. The Morgan fingerprint density at radius 3 is 1.51 bits per heavy atom. The molecule has 4 heterocycles. The topological polar surface area (TPSA) is 193 Å². The summed E-state index contributed by atoms with van der Waals surface area (Å²) in [6.45, 7) is 25.9. The Bertz CT molecular complexity index is 2190. The lowest BCUT2D eigenvalue weighted by molar-refractivity contribution is -0.150. The van der Waals surface area contributed by atoms with E-state index in [0.717, 1.165) is 70.2 Å². The number of thiazole rings is 2. The van der Waals surface area contributed by atoms with Crippen molar-refractivity contribution in [3.05, 3.63) is 66.6 Å². The van der Waals surface area contributed by atoms with Crippen LogP contribution < -0.4 is 0 Å². The van der Waals surface area contributed by atoms with E-state index in [1.54, 1.807) is 11.3 Å². The van der Waals surface area contributed by atoms with Gasteiger partial charge in [-0.2, -0.15) is 0 Å². The highest BCUT2D eigenvalue weighted by Gasteiger charge is 2.48. The van der Waals surface area contributed by atoms with Crippen molar-refractivity contribution in [2.45, 2.75) is 218 Å². The Labute approximate surface area is 420 Å². The fourth-order valence-electron chi connectivity index (χ4n) is 8.39. The number of carbonyl (C=O) groups is 2. The van der Waals surface area contributed by atoms with Gasteiger partial charge in [0, 0.05) is 33.6 Å². The normalized spacial score (nSPS) is 32.8. The molecule has 384 valence electrons. The van der Waals surface area contributed by atoms with Crippen molar-refractivity contribution in [2.24, 2.45) is 11.8 Å². The molecule has 0 saturated carbocycles. The summed E-state index contributed by atoms with van der Waals surface area (Å²) < 4.78 is 36.1. The van der Waals surface area contributed by atoms with E-state index in [-0.39, 0.29) is 23.5 Å². The molecule has 68 heavy (non-hydrogen) atoms. The Kier molecular flexibility index (Phi) is 23.4. The van der Waals surface area contributed by atoms with Gasteiger partial charge < -0.3 is 29.9 Å². The third-order valence-electron chi connectivity index (χ3n) is 13.6. The Balaban J connectivity index is 0.000000361. The van der Waals surface area contributed by atoms with E-state index in [4.69, 9.17) is 9.47 Å². The second-order valence-corrected chi connectivity index (χ2v) is 27.4. The van der Waals surface area contributed by atoms with E-state index in [1.807, 2.05) is 85.2 Å². The third-order valence-corrected chi connectivity index (χ3v) is 19.7. The van der Waals surface area contributed by atoms with Gasteiger partial charge in [0.2, 0.25) is 0 Å². The number of hydrogen-bond acceptors (Lipinski definition) is 15.